The van der Waals surface area contributed by atoms with Gasteiger partial charge in [-0.15, -0.1) is 0 Å². The van der Waals surface area contributed by atoms with Gasteiger partial charge in [0.05, 0.1) is 12.5 Å². The first kappa shape index (κ1) is 13.8. The fourth-order valence-corrected chi connectivity index (χ4v) is 3.05. The lowest BCUT2D eigenvalue weighted by Crippen LogP contribution is -2.46. The van der Waals surface area contributed by atoms with Gasteiger partial charge in [0, 0.05) is 12.3 Å². The number of ketones is 1. The van der Waals surface area contributed by atoms with Gasteiger partial charge in [-0.2, -0.15) is 0 Å². The summed E-state index contributed by atoms with van der Waals surface area (Å²) in [6.07, 6.45) is 3.26. The van der Waals surface area contributed by atoms with E-state index in [4.69, 9.17) is 4.74 Å². The Hall–Kier alpha value is -1.64. The van der Waals surface area contributed by atoms with Gasteiger partial charge in [-0.25, -0.2) is 0 Å². The van der Waals surface area contributed by atoms with E-state index >= 15 is 0 Å². The van der Waals surface area contributed by atoms with Crippen molar-refractivity contribution in [2.24, 2.45) is 5.92 Å². The molecule has 2 atom stereocenters. The third-order valence-corrected chi connectivity index (χ3v) is 4.23. The zero-order valence-corrected chi connectivity index (χ0v) is 11.5. The number of benzene rings is 1. The number of hydrogen-bond donors (Lipinski definition) is 0. The van der Waals surface area contributed by atoms with Crippen molar-refractivity contribution in [3.8, 4) is 0 Å². The molecular formula is C16H20O3. The minimum Gasteiger partial charge on any atom is -0.468 e. The highest BCUT2D eigenvalue weighted by atomic mass is 16.5. The summed E-state index contributed by atoms with van der Waals surface area (Å²) in [7, 11) is 1.39. The summed E-state index contributed by atoms with van der Waals surface area (Å²) in [5.41, 5.74) is -0.00449. The predicted octanol–water partition coefficient (Wildman–Crippen LogP) is 2.88. The van der Waals surface area contributed by atoms with Crippen molar-refractivity contribution in [3.05, 3.63) is 35.9 Å². The van der Waals surface area contributed by atoms with Gasteiger partial charge < -0.3 is 4.74 Å². The van der Waals surface area contributed by atoms with E-state index in [-0.39, 0.29) is 17.7 Å². The van der Waals surface area contributed by atoms with Crippen molar-refractivity contribution >= 4 is 11.8 Å². The molecule has 1 aromatic rings. The molecule has 19 heavy (non-hydrogen) atoms. The molecule has 0 bridgehead atoms. The molecule has 0 aliphatic heterocycles. The number of Topliss-reactive ketones (excluding diaryl/α,β-unsaturated/α-hetero) is 1. The van der Waals surface area contributed by atoms with Crippen molar-refractivity contribution in [2.75, 3.05) is 7.11 Å². The molecule has 0 amide bonds. The smallest absolute Gasteiger partial charge is 0.316 e. The molecule has 1 aliphatic carbocycles. The molecule has 3 heteroatoms. The van der Waals surface area contributed by atoms with Crippen molar-refractivity contribution in [2.45, 2.75) is 38.0 Å². The average Bonchev–Trinajstić information content (AvgIpc) is 2.47. The van der Waals surface area contributed by atoms with Crippen LogP contribution >= 0.6 is 0 Å². The number of ether oxygens (including phenoxy) is 1. The second kappa shape index (κ2) is 5.55. The highest BCUT2D eigenvalue weighted by Gasteiger charge is 2.47. The molecule has 1 aliphatic rings. The molecule has 102 valence electrons. The number of rotatable bonds is 3. The SMILES string of the molecule is COC(=O)C(C)(c1ccccc1)C1CCCCC1=O. The van der Waals surface area contributed by atoms with Crippen LogP contribution in [0.2, 0.25) is 0 Å². The summed E-state index contributed by atoms with van der Waals surface area (Å²) in [5, 5.41) is 0. The lowest BCUT2D eigenvalue weighted by atomic mass is 9.65. The second-order valence-electron chi connectivity index (χ2n) is 5.32. The van der Waals surface area contributed by atoms with Crippen LogP contribution in [0, 0.1) is 5.92 Å². The van der Waals surface area contributed by atoms with Crippen LogP contribution in [0.4, 0.5) is 0 Å². The van der Waals surface area contributed by atoms with Gasteiger partial charge in [-0.1, -0.05) is 36.8 Å². The number of carbonyl (C=O) groups excluding carboxylic acids is 2. The molecule has 0 saturated heterocycles. The van der Waals surface area contributed by atoms with Gasteiger partial charge in [0.15, 0.2) is 0 Å². The molecule has 1 fully saturated rings. The molecule has 0 radical (unpaired) electrons. The van der Waals surface area contributed by atoms with Crippen molar-refractivity contribution in [1.82, 2.24) is 0 Å². The standard InChI is InChI=1S/C16H20O3/c1-16(15(18)19-2,12-8-4-3-5-9-12)13-10-6-7-11-14(13)17/h3-5,8-9,13H,6-7,10-11H2,1-2H3. The summed E-state index contributed by atoms with van der Waals surface area (Å²) in [4.78, 5) is 24.5. The van der Waals surface area contributed by atoms with Crippen molar-refractivity contribution in [3.63, 3.8) is 0 Å². The van der Waals surface area contributed by atoms with E-state index in [1.165, 1.54) is 7.11 Å². The third-order valence-electron chi connectivity index (χ3n) is 4.23. The quantitative estimate of drug-likeness (QED) is 0.785. The highest BCUT2D eigenvalue weighted by molar-refractivity contribution is 5.93. The fourth-order valence-electron chi connectivity index (χ4n) is 3.05. The Balaban J connectivity index is 2.45. The van der Waals surface area contributed by atoms with E-state index < -0.39 is 5.41 Å². The molecule has 0 N–H and O–H groups in total. The number of esters is 1. The summed E-state index contributed by atoms with van der Waals surface area (Å²) in [6, 6.07) is 9.50. The zero-order valence-electron chi connectivity index (χ0n) is 11.5. The van der Waals surface area contributed by atoms with Crippen LogP contribution in [-0.2, 0) is 19.7 Å². The topological polar surface area (TPSA) is 43.4 Å². The number of carbonyl (C=O) groups is 2. The van der Waals surface area contributed by atoms with Crippen LogP contribution in [0.15, 0.2) is 30.3 Å². The van der Waals surface area contributed by atoms with Crippen LogP contribution in [0.5, 0.6) is 0 Å². The van der Waals surface area contributed by atoms with Crippen LogP contribution in [0.25, 0.3) is 0 Å². The van der Waals surface area contributed by atoms with Crippen LogP contribution < -0.4 is 0 Å². The minimum atomic E-state index is -0.868. The van der Waals surface area contributed by atoms with Crippen LogP contribution in [0.1, 0.15) is 38.2 Å². The molecule has 0 heterocycles. The Morgan fingerprint density at radius 2 is 1.95 bits per heavy atom. The monoisotopic (exact) mass is 260 g/mol. The third kappa shape index (κ3) is 2.42. The lowest BCUT2D eigenvalue weighted by Gasteiger charge is -2.36. The molecule has 0 aromatic heterocycles. The van der Waals surface area contributed by atoms with E-state index in [1.807, 2.05) is 37.3 Å². The first-order chi connectivity index (χ1) is 9.10. The Labute approximate surface area is 114 Å². The Kier molecular flexibility index (Phi) is 4.03. The molecule has 2 unspecified atom stereocenters. The maximum Gasteiger partial charge on any atom is 0.316 e. The number of methoxy groups -OCH3 is 1. The van der Waals surface area contributed by atoms with Crippen molar-refractivity contribution < 1.29 is 14.3 Å². The van der Waals surface area contributed by atoms with E-state index in [9.17, 15) is 9.59 Å². The minimum absolute atomic E-state index is 0.183. The molecule has 0 spiro atoms. The summed E-state index contributed by atoms with van der Waals surface area (Å²) in [6.45, 7) is 1.84. The summed E-state index contributed by atoms with van der Waals surface area (Å²) < 4.78 is 4.98. The first-order valence-corrected chi connectivity index (χ1v) is 6.77. The average molecular weight is 260 g/mol. The van der Waals surface area contributed by atoms with Gasteiger partial charge in [0.2, 0.25) is 0 Å². The largest absolute Gasteiger partial charge is 0.468 e. The summed E-state index contributed by atoms with van der Waals surface area (Å²) in [5.74, 6) is -0.405. The van der Waals surface area contributed by atoms with Gasteiger partial charge in [-0.05, 0) is 25.3 Å². The molecular weight excluding hydrogens is 240 g/mol. The van der Waals surface area contributed by atoms with E-state index in [0.717, 1.165) is 24.8 Å². The van der Waals surface area contributed by atoms with Gasteiger partial charge in [0.25, 0.3) is 0 Å². The maximum absolute atomic E-state index is 12.3. The zero-order chi connectivity index (χ0) is 13.9. The van der Waals surface area contributed by atoms with E-state index in [1.54, 1.807) is 0 Å². The van der Waals surface area contributed by atoms with Crippen molar-refractivity contribution in [1.29, 1.82) is 0 Å². The van der Waals surface area contributed by atoms with Gasteiger partial charge in [-0.3, -0.25) is 9.59 Å². The van der Waals surface area contributed by atoms with Crippen LogP contribution in [-0.4, -0.2) is 18.9 Å². The molecule has 3 nitrogen and oxygen atoms in total. The Morgan fingerprint density at radius 1 is 1.26 bits per heavy atom. The second-order valence-corrected chi connectivity index (χ2v) is 5.32. The molecule has 1 saturated carbocycles. The van der Waals surface area contributed by atoms with Gasteiger partial charge in [0.1, 0.15) is 5.78 Å². The number of hydrogen-bond acceptors (Lipinski definition) is 3. The predicted molar refractivity (Wildman–Crippen MR) is 72.8 cm³/mol. The fraction of sp³-hybridized carbons (Fsp3) is 0.500. The lowest BCUT2D eigenvalue weighted by molar-refractivity contribution is -0.152. The molecule has 2 rings (SSSR count). The summed E-state index contributed by atoms with van der Waals surface area (Å²) >= 11 is 0. The van der Waals surface area contributed by atoms with E-state index in [0.29, 0.717) is 6.42 Å². The Bertz CT molecular complexity index is 466. The first-order valence-electron chi connectivity index (χ1n) is 6.77. The normalized spacial score (nSPS) is 22.6. The maximum atomic E-state index is 12.3. The van der Waals surface area contributed by atoms with E-state index in [2.05, 4.69) is 0 Å². The molecule has 1 aromatic carbocycles. The Morgan fingerprint density at radius 3 is 2.53 bits per heavy atom. The van der Waals surface area contributed by atoms with Crippen LogP contribution in [0.3, 0.4) is 0 Å². The highest BCUT2D eigenvalue weighted by Crippen LogP contribution is 2.40. The van der Waals surface area contributed by atoms with Gasteiger partial charge >= 0.3 is 5.97 Å².